The first-order valence-corrected chi connectivity index (χ1v) is 5.79. The lowest BCUT2D eigenvalue weighted by molar-refractivity contribution is -0.165. The van der Waals surface area contributed by atoms with E-state index >= 15 is 0 Å². The van der Waals surface area contributed by atoms with Gasteiger partial charge in [0.15, 0.2) is 0 Å². The van der Waals surface area contributed by atoms with Crippen molar-refractivity contribution in [3.05, 3.63) is 0 Å². The molecule has 0 unspecified atom stereocenters. The molecule has 1 aliphatic carbocycles. The van der Waals surface area contributed by atoms with Gasteiger partial charge in [0.2, 0.25) is 0 Å². The van der Waals surface area contributed by atoms with Gasteiger partial charge in [-0.15, -0.1) is 0 Å². The Morgan fingerprint density at radius 1 is 1.47 bits per heavy atom. The number of rotatable bonds is 3. The summed E-state index contributed by atoms with van der Waals surface area (Å²) in [6.45, 7) is 5.94. The first-order valence-electron chi connectivity index (χ1n) is 5.79. The van der Waals surface area contributed by atoms with Crippen molar-refractivity contribution in [1.82, 2.24) is 0 Å². The van der Waals surface area contributed by atoms with Gasteiger partial charge in [-0.3, -0.25) is 0 Å². The van der Waals surface area contributed by atoms with Crippen molar-refractivity contribution >= 4 is 5.97 Å². The van der Waals surface area contributed by atoms with Crippen molar-refractivity contribution in [2.24, 2.45) is 11.8 Å². The van der Waals surface area contributed by atoms with E-state index in [0.29, 0.717) is 5.92 Å². The lowest BCUT2D eigenvalue weighted by Gasteiger charge is -2.38. The highest BCUT2D eigenvalue weighted by atomic mass is 16.6. The summed E-state index contributed by atoms with van der Waals surface area (Å²) < 4.78 is 5.27. The van der Waals surface area contributed by atoms with Crippen molar-refractivity contribution in [3.8, 4) is 0 Å². The van der Waals surface area contributed by atoms with Gasteiger partial charge in [-0.25, -0.2) is 4.79 Å². The van der Waals surface area contributed by atoms with E-state index in [-0.39, 0.29) is 5.60 Å². The summed E-state index contributed by atoms with van der Waals surface area (Å²) in [5.74, 6) is 0.967. The molecule has 0 aromatic heterocycles. The first-order chi connectivity index (χ1) is 6.97. The molecule has 88 valence electrons. The fourth-order valence-corrected chi connectivity index (χ4v) is 2.33. The van der Waals surface area contributed by atoms with E-state index in [9.17, 15) is 4.79 Å². The van der Waals surface area contributed by atoms with Crippen LogP contribution in [0, 0.1) is 11.8 Å². The first kappa shape index (κ1) is 12.5. The molecule has 1 rings (SSSR count). The molecule has 1 aliphatic rings. The van der Waals surface area contributed by atoms with Gasteiger partial charge in [0.1, 0.15) is 12.2 Å². The molecule has 0 atom stereocenters. The van der Waals surface area contributed by atoms with Gasteiger partial charge in [-0.1, -0.05) is 13.8 Å². The Labute approximate surface area is 91.8 Å². The third kappa shape index (κ3) is 3.49. The number of carbonyl (C=O) groups is 1. The number of hydrogen-bond acceptors (Lipinski definition) is 3. The van der Waals surface area contributed by atoms with Crippen LogP contribution in [0.1, 0.15) is 46.5 Å². The van der Waals surface area contributed by atoms with Crippen molar-refractivity contribution in [1.29, 1.82) is 0 Å². The molecule has 15 heavy (non-hydrogen) atoms. The van der Waals surface area contributed by atoms with Gasteiger partial charge in [0, 0.05) is 0 Å². The van der Waals surface area contributed by atoms with E-state index in [1.807, 2.05) is 6.92 Å². The molecule has 3 nitrogen and oxygen atoms in total. The smallest absolute Gasteiger partial charge is 0.332 e. The molecule has 0 bridgehead atoms. The molecular formula is C12H22O3. The molecule has 1 saturated carbocycles. The van der Waals surface area contributed by atoms with Crippen LogP contribution in [0.3, 0.4) is 0 Å². The second kappa shape index (κ2) is 4.97. The predicted octanol–water partition coefficient (Wildman–Crippen LogP) is 2.13. The molecule has 0 heterocycles. The topological polar surface area (TPSA) is 46.5 Å². The third-order valence-corrected chi connectivity index (χ3v) is 3.52. The van der Waals surface area contributed by atoms with Crippen LogP contribution >= 0.6 is 0 Å². The van der Waals surface area contributed by atoms with Gasteiger partial charge < -0.3 is 9.84 Å². The minimum atomic E-state index is -0.511. The third-order valence-electron chi connectivity index (χ3n) is 3.52. The molecule has 0 spiro atoms. The van der Waals surface area contributed by atoms with E-state index in [4.69, 9.17) is 9.84 Å². The van der Waals surface area contributed by atoms with E-state index < -0.39 is 12.6 Å². The van der Waals surface area contributed by atoms with Gasteiger partial charge in [-0.05, 0) is 44.4 Å². The second-order valence-electron chi connectivity index (χ2n) is 5.16. The lowest BCUT2D eigenvalue weighted by Crippen LogP contribution is -2.37. The fourth-order valence-electron chi connectivity index (χ4n) is 2.33. The van der Waals surface area contributed by atoms with Crippen LogP contribution in [-0.4, -0.2) is 23.3 Å². The molecule has 0 aromatic rings. The standard InChI is InChI=1S/C12H22O3/c1-9(2)10-4-6-12(3,7-5-10)15-11(14)8-13/h9-10,13H,4-8H2,1-3H3. The Kier molecular flexibility index (Phi) is 4.14. The number of hydrogen-bond donors (Lipinski definition) is 1. The van der Waals surface area contributed by atoms with E-state index in [1.54, 1.807) is 0 Å². The molecule has 0 aliphatic heterocycles. The summed E-state index contributed by atoms with van der Waals surface area (Å²) in [6, 6.07) is 0. The predicted molar refractivity (Wildman–Crippen MR) is 58.4 cm³/mol. The minimum Gasteiger partial charge on any atom is -0.458 e. The minimum absolute atomic E-state index is 0.342. The second-order valence-corrected chi connectivity index (χ2v) is 5.16. The highest BCUT2D eigenvalue weighted by Crippen LogP contribution is 2.37. The maximum Gasteiger partial charge on any atom is 0.332 e. The van der Waals surface area contributed by atoms with E-state index in [1.165, 1.54) is 0 Å². The van der Waals surface area contributed by atoms with Gasteiger partial charge in [-0.2, -0.15) is 0 Å². The summed E-state index contributed by atoms with van der Waals surface area (Å²) in [5, 5.41) is 8.65. The number of aliphatic hydroxyl groups is 1. The Bertz CT molecular complexity index is 215. The number of aliphatic hydroxyl groups excluding tert-OH is 1. The Hall–Kier alpha value is -0.570. The van der Waals surface area contributed by atoms with Crippen LogP contribution in [0.4, 0.5) is 0 Å². The Balaban J connectivity index is 2.44. The monoisotopic (exact) mass is 214 g/mol. The van der Waals surface area contributed by atoms with Crippen LogP contribution in [0.15, 0.2) is 0 Å². The number of ether oxygens (including phenoxy) is 1. The highest BCUT2D eigenvalue weighted by Gasteiger charge is 2.34. The Morgan fingerprint density at radius 3 is 2.40 bits per heavy atom. The highest BCUT2D eigenvalue weighted by molar-refractivity contribution is 5.70. The molecule has 0 amide bonds. The van der Waals surface area contributed by atoms with Gasteiger partial charge in [0.05, 0.1) is 0 Å². The molecular weight excluding hydrogens is 192 g/mol. The van der Waals surface area contributed by atoms with Crippen LogP contribution in [0.2, 0.25) is 0 Å². The summed E-state index contributed by atoms with van der Waals surface area (Å²) in [6.07, 6.45) is 4.07. The zero-order valence-corrected chi connectivity index (χ0v) is 9.95. The zero-order valence-electron chi connectivity index (χ0n) is 9.95. The number of esters is 1. The largest absolute Gasteiger partial charge is 0.458 e. The maximum absolute atomic E-state index is 11.0. The van der Waals surface area contributed by atoms with Crippen molar-refractivity contribution in [2.45, 2.75) is 52.1 Å². The number of carbonyl (C=O) groups excluding carboxylic acids is 1. The van der Waals surface area contributed by atoms with E-state index in [0.717, 1.165) is 31.6 Å². The summed E-state index contributed by atoms with van der Waals surface area (Å²) in [5.41, 5.74) is -0.342. The van der Waals surface area contributed by atoms with E-state index in [2.05, 4.69) is 13.8 Å². The molecule has 1 fully saturated rings. The fraction of sp³-hybridized carbons (Fsp3) is 0.917. The maximum atomic E-state index is 11.0. The van der Waals surface area contributed by atoms with Crippen molar-refractivity contribution in [2.75, 3.05) is 6.61 Å². The summed E-state index contributed by atoms with van der Waals surface area (Å²) in [7, 11) is 0. The molecule has 0 aromatic carbocycles. The summed E-state index contributed by atoms with van der Waals surface area (Å²) >= 11 is 0. The van der Waals surface area contributed by atoms with Crippen molar-refractivity contribution in [3.63, 3.8) is 0 Å². The van der Waals surface area contributed by atoms with Crippen LogP contribution in [0.5, 0.6) is 0 Å². The van der Waals surface area contributed by atoms with Crippen LogP contribution < -0.4 is 0 Å². The normalized spacial score (nSPS) is 31.7. The van der Waals surface area contributed by atoms with Gasteiger partial charge in [0.25, 0.3) is 0 Å². The molecule has 0 radical (unpaired) electrons. The molecule has 1 N–H and O–H groups in total. The quantitative estimate of drug-likeness (QED) is 0.732. The SMILES string of the molecule is CC(C)C1CCC(C)(OC(=O)CO)CC1. The molecule has 3 heteroatoms. The zero-order chi connectivity index (χ0) is 11.5. The van der Waals surface area contributed by atoms with Crippen LogP contribution in [-0.2, 0) is 9.53 Å². The summed E-state index contributed by atoms with van der Waals surface area (Å²) in [4.78, 5) is 11.0. The lowest BCUT2D eigenvalue weighted by atomic mass is 9.75. The van der Waals surface area contributed by atoms with Crippen molar-refractivity contribution < 1.29 is 14.6 Å². The van der Waals surface area contributed by atoms with Crippen LogP contribution in [0.25, 0.3) is 0 Å². The average molecular weight is 214 g/mol. The Morgan fingerprint density at radius 2 is 2.00 bits per heavy atom. The average Bonchev–Trinajstić information content (AvgIpc) is 2.17. The van der Waals surface area contributed by atoms with Gasteiger partial charge >= 0.3 is 5.97 Å². The molecule has 0 saturated heterocycles.